The van der Waals surface area contributed by atoms with Crippen molar-refractivity contribution in [1.82, 2.24) is 30.6 Å². The Morgan fingerprint density at radius 1 is 1.29 bits per heavy atom. The number of aromatic amines is 1. The molecule has 0 unspecified atom stereocenters. The van der Waals surface area contributed by atoms with Crippen LogP contribution in [0.15, 0.2) is 35.7 Å². The molecule has 0 bridgehead atoms. The van der Waals surface area contributed by atoms with Crippen LogP contribution in [-0.4, -0.2) is 49.9 Å². The summed E-state index contributed by atoms with van der Waals surface area (Å²) in [6.45, 7) is 5.62. The Hall–Kier alpha value is -3.82. The molecular weight excluding hydrogens is 362 g/mol. The Morgan fingerprint density at radius 3 is 2.68 bits per heavy atom. The number of hydrogen-bond donors (Lipinski definition) is 2. The van der Waals surface area contributed by atoms with Gasteiger partial charge in [0, 0.05) is 11.3 Å². The standard InChI is InChI=1S/C18H19N7O3/c1-4-28-18(27)16-11(2)15(21-12(16)3)9-19-22-17(26)13-5-7-14(8-6-13)25-10-20-23-24-25/h5-10,21H,4H2,1-3H3,(H,22,26)/b19-9+. The Kier molecular flexibility index (Phi) is 5.58. The zero-order chi connectivity index (χ0) is 20.1. The molecule has 0 saturated carbocycles. The van der Waals surface area contributed by atoms with E-state index in [0.29, 0.717) is 34.7 Å². The number of benzene rings is 1. The molecule has 1 aromatic carbocycles. The third-order valence-corrected chi connectivity index (χ3v) is 4.06. The number of nitrogens with one attached hydrogen (secondary N) is 2. The summed E-state index contributed by atoms with van der Waals surface area (Å²) >= 11 is 0. The van der Waals surface area contributed by atoms with Crippen molar-refractivity contribution in [2.24, 2.45) is 5.10 Å². The number of aromatic nitrogens is 5. The van der Waals surface area contributed by atoms with Gasteiger partial charge < -0.3 is 9.72 Å². The summed E-state index contributed by atoms with van der Waals surface area (Å²) in [5.74, 6) is -0.758. The predicted octanol–water partition coefficient (Wildman–Crippen LogP) is 1.55. The van der Waals surface area contributed by atoms with Crippen molar-refractivity contribution in [3.63, 3.8) is 0 Å². The number of ether oxygens (including phenoxy) is 1. The molecule has 10 heteroatoms. The molecule has 0 aliphatic rings. The molecule has 10 nitrogen and oxygen atoms in total. The van der Waals surface area contributed by atoms with E-state index in [1.165, 1.54) is 17.2 Å². The number of amides is 1. The number of hydrogen-bond acceptors (Lipinski definition) is 7. The van der Waals surface area contributed by atoms with Crippen LogP contribution >= 0.6 is 0 Å². The molecule has 0 spiro atoms. The molecule has 2 N–H and O–H groups in total. The van der Waals surface area contributed by atoms with Crippen molar-refractivity contribution >= 4 is 18.1 Å². The Labute approximate surface area is 160 Å². The zero-order valence-corrected chi connectivity index (χ0v) is 15.6. The van der Waals surface area contributed by atoms with Crippen LogP contribution in [0.3, 0.4) is 0 Å². The first-order valence-electron chi connectivity index (χ1n) is 8.54. The van der Waals surface area contributed by atoms with Gasteiger partial charge >= 0.3 is 5.97 Å². The largest absolute Gasteiger partial charge is 0.462 e. The van der Waals surface area contributed by atoms with E-state index in [4.69, 9.17) is 4.74 Å². The summed E-state index contributed by atoms with van der Waals surface area (Å²) in [7, 11) is 0. The maximum absolute atomic E-state index is 12.2. The Balaban J connectivity index is 1.67. The van der Waals surface area contributed by atoms with Crippen molar-refractivity contribution < 1.29 is 14.3 Å². The molecule has 144 valence electrons. The average molecular weight is 381 g/mol. The fourth-order valence-corrected chi connectivity index (χ4v) is 2.68. The number of esters is 1. The molecular formula is C18H19N7O3. The zero-order valence-electron chi connectivity index (χ0n) is 15.6. The van der Waals surface area contributed by atoms with Gasteiger partial charge in [-0.3, -0.25) is 4.79 Å². The number of hydrazone groups is 1. The van der Waals surface area contributed by atoms with Gasteiger partial charge in [-0.2, -0.15) is 5.10 Å². The summed E-state index contributed by atoms with van der Waals surface area (Å²) < 4.78 is 6.54. The summed E-state index contributed by atoms with van der Waals surface area (Å²) in [6.07, 6.45) is 2.92. The van der Waals surface area contributed by atoms with Crippen molar-refractivity contribution in [3.8, 4) is 5.69 Å². The first-order valence-corrected chi connectivity index (χ1v) is 8.54. The van der Waals surface area contributed by atoms with Crippen LogP contribution in [0.25, 0.3) is 5.69 Å². The maximum Gasteiger partial charge on any atom is 0.340 e. The lowest BCUT2D eigenvalue weighted by Crippen LogP contribution is -2.17. The number of aryl methyl sites for hydroxylation is 1. The number of H-pyrrole nitrogens is 1. The van der Waals surface area contributed by atoms with Crippen molar-refractivity contribution in [2.75, 3.05) is 6.61 Å². The number of nitrogens with zero attached hydrogens (tertiary/aromatic N) is 5. The molecule has 0 aliphatic heterocycles. The van der Waals surface area contributed by atoms with Crippen LogP contribution in [-0.2, 0) is 4.74 Å². The summed E-state index contributed by atoms with van der Waals surface area (Å²) in [6, 6.07) is 6.73. The number of rotatable bonds is 6. The van der Waals surface area contributed by atoms with Gasteiger partial charge in [-0.15, -0.1) is 5.10 Å². The second-order valence-electron chi connectivity index (χ2n) is 5.88. The Bertz CT molecular complexity index is 1000. The van der Waals surface area contributed by atoms with Gasteiger partial charge in [-0.1, -0.05) is 0 Å². The van der Waals surface area contributed by atoms with E-state index in [9.17, 15) is 9.59 Å². The number of carbonyl (C=O) groups excluding carboxylic acids is 2. The van der Waals surface area contributed by atoms with Crippen molar-refractivity contribution in [1.29, 1.82) is 0 Å². The predicted molar refractivity (Wildman–Crippen MR) is 100 cm³/mol. The maximum atomic E-state index is 12.2. The SMILES string of the molecule is CCOC(=O)c1c(C)[nH]c(/C=N/NC(=O)c2ccc(-n3cnnn3)cc2)c1C. The fraction of sp³-hybridized carbons (Fsp3) is 0.222. The van der Waals surface area contributed by atoms with Crippen LogP contribution in [0.1, 0.15) is 44.6 Å². The molecule has 2 heterocycles. The highest BCUT2D eigenvalue weighted by molar-refractivity contribution is 5.97. The van der Waals surface area contributed by atoms with Gasteiger partial charge in [-0.05, 0) is 61.0 Å². The van der Waals surface area contributed by atoms with E-state index in [1.807, 2.05) is 0 Å². The molecule has 0 saturated heterocycles. The van der Waals surface area contributed by atoms with E-state index in [0.717, 1.165) is 5.69 Å². The van der Waals surface area contributed by atoms with E-state index in [1.54, 1.807) is 45.0 Å². The van der Waals surface area contributed by atoms with E-state index in [-0.39, 0.29) is 11.9 Å². The molecule has 0 fully saturated rings. The minimum atomic E-state index is -0.389. The van der Waals surface area contributed by atoms with Crippen LogP contribution in [0.4, 0.5) is 0 Å². The molecule has 3 rings (SSSR count). The minimum absolute atomic E-state index is 0.300. The number of tetrazole rings is 1. The van der Waals surface area contributed by atoms with E-state index >= 15 is 0 Å². The minimum Gasteiger partial charge on any atom is -0.462 e. The topological polar surface area (TPSA) is 127 Å². The average Bonchev–Trinajstić information content (AvgIpc) is 3.31. The third kappa shape index (κ3) is 3.95. The second kappa shape index (κ2) is 8.25. The van der Waals surface area contributed by atoms with E-state index in [2.05, 4.69) is 31.0 Å². The lowest BCUT2D eigenvalue weighted by molar-refractivity contribution is 0.0525. The van der Waals surface area contributed by atoms with Crippen molar-refractivity contribution in [2.45, 2.75) is 20.8 Å². The highest BCUT2D eigenvalue weighted by atomic mass is 16.5. The summed E-state index contributed by atoms with van der Waals surface area (Å²) in [5, 5.41) is 14.9. The Morgan fingerprint density at radius 2 is 2.04 bits per heavy atom. The lowest BCUT2D eigenvalue weighted by Gasteiger charge is -2.02. The van der Waals surface area contributed by atoms with Crippen LogP contribution in [0.2, 0.25) is 0 Å². The van der Waals surface area contributed by atoms with Crippen LogP contribution < -0.4 is 5.43 Å². The second-order valence-corrected chi connectivity index (χ2v) is 5.88. The summed E-state index contributed by atoms with van der Waals surface area (Å²) in [5.41, 5.74) is 6.11. The number of carbonyl (C=O) groups is 2. The van der Waals surface area contributed by atoms with Gasteiger partial charge in [0.2, 0.25) is 0 Å². The van der Waals surface area contributed by atoms with Crippen LogP contribution in [0, 0.1) is 13.8 Å². The van der Waals surface area contributed by atoms with Crippen LogP contribution in [0.5, 0.6) is 0 Å². The normalized spacial score (nSPS) is 11.0. The summed E-state index contributed by atoms with van der Waals surface area (Å²) in [4.78, 5) is 27.3. The molecule has 0 atom stereocenters. The quantitative estimate of drug-likeness (QED) is 0.379. The van der Waals surface area contributed by atoms with Gasteiger partial charge in [-0.25, -0.2) is 14.9 Å². The van der Waals surface area contributed by atoms with E-state index < -0.39 is 0 Å². The molecule has 0 aliphatic carbocycles. The van der Waals surface area contributed by atoms with Crippen molar-refractivity contribution in [3.05, 3.63) is 58.7 Å². The molecule has 2 aromatic heterocycles. The van der Waals surface area contributed by atoms with Gasteiger partial charge in [0.25, 0.3) is 5.91 Å². The first kappa shape index (κ1) is 19.0. The van der Waals surface area contributed by atoms with Gasteiger partial charge in [0.15, 0.2) is 0 Å². The smallest absolute Gasteiger partial charge is 0.340 e. The highest BCUT2D eigenvalue weighted by Gasteiger charge is 2.18. The monoisotopic (exact) mass is 381 g/mol. The third-order valence-electron chi connectivity index (χ3n) is 4.06. The lowest BCUT2D eigenvalue weighted by atomic mass is 10.1. The first-order chi connectivity index (χ1) is 13.5. The molecule has 1 amide bonds. The highest BCUT2D eigenvalue weighted by Crippen LogP contribution is 2.17. The molecule has 3 aromatic rings. The van der Waals surface area contributed by atoms with Gasteiger partial charge in [0.1, 0.15) is 6.33 Å². The fourth-order valence-electron chi connectivity index (χ4n) is 2.68. The molecule has 28 heavy (non-hydrogen) atoms. The molecule has 0 radical (unpaired) electrons. The van der Waals surface area contributed by atoms with Gasteiger partial charge in [0.05, 0.1) is 29.8 Å².